The maximum absolute atomic E-state index is 5.35. The third-order valence-electron chi connectivity index (χ3n) is 9.20. The second-order valence-electron chi connectivity index (χ2n) is 12.3. The van der Waals surface area contributed by atoms with Crippen LogP contribution in [-0.4, -0.2) is 14.5 Å². The maximum atomic E-state index is 5.35. The molecular weight excluding hydrogens is 595 g/mol. The summed E-state index contributed by atoms with van der Waals surface area (Å²) in [4.78, 5) is 10.4. The van der Waals surface area contributed by atoms with E-state index in [4.69, 9.17) is 9.97 Å². The van der Waals surface area contributed by atoms with Crippen molar-refractivity contribution in [2.75, 3.05) is 0 Å². The highest BCUT2D eigenvalue weighted by atomic mass is 15.1. The van der Waals surface area contributed by atoms with Crippen molar-refractivity contribution in [1.82, 2.24) is 14.5 Å². The van der Waals surface area contributed by atoms with Crippen LogP contribution >= 0.6 is 0 Å². The molecule has 0 N–H and O–H groups in total. The van der Waals surface area contributed by atoms with Crippen LogP contribution in [0.5, 0.6) is 0 Å². The van der Waals surface area contributed by atoms with Gasteiger partial charge in [0.2, 0.25) is 0 Å². The first-order valence-electron chi connectivity index (χ1n) is 16.6. The Morgan fingerprint density at radius 2 is 0.735 bits per heavy atom. The fourth-order valence-corrected chi connectivity index (χ4v) is 6.79. The normalized spacial score (nSPS) is 11.3. The minimum Gasteiger partial charge on any atom is -0.294 e. The molecule has 0 aliphatic heterocycles. The minimum absolute atomic E-state index is 0.872. The smallest absolute Gasteiger partial charge is 0.138 e. The zero-order valence-electron chi connectivity index (χ0n) is 26.7. The Bertz CT molecular complexity index is 2420. The van der Waals surface area contributed by atoms with Gasteiger partial charge in [0.1, 0.15) is 5.82 Å². The molecule has 0 amide bonds. The lowest BCUT2D eigenvalue weighted by molar-refractivity contribution is 1.08. The van der Waals surface area contributed by atoms with E-state index in [9.17, 15) is 0 Å². The molecule has 3 aromatic heterocycles. The predicted molar refractivity (Wildman–Crippen MR) is 204 cm³/mol. The predicted octanol–water partition coefficient (Wildman–Crippen LogP) is 11.9. The molecule has 0 aliphatic rings. The van der Waals surface area contributed by atoms with Gasteiger partial charge in [-0.1, -0.05) is 140 Å². The Kier molecular flexibility index (Phi) is 7.14. The Morgan fingerprint density at radius 1 is 0.286 bits per heavy atom. The number of benzene rings is 6. The van der Waals surface area contributed by atoms with E-state index < -0.39 is 0 Å². The molecule has 49 heavy (non-hydrogen) atoms. The van der Waals surface area contributed by atoms with Crippen LogP contribution < -0.4 is 0 Å². The fraction of sp³-hybridized carbons (Fsp3) is 0. The molecule has 9 rings (SSSR count). The van der Waals surface area contributed by atoms with E-state index in [0.29, 0.717) is 0 Å². The monoisotopic (exact) mass is 625 g/mol. The van der Waals surface area contributed by atoms with Crippen LogP contribution in [0.3, 0.4) is 0 Å². The molecule has 3 heterocycles. The van der Waals surface area contributed by atoms with Crippen LogP contribution in [0.4, 0.5) is 0 Å². The summed E-state index contributed by atoms with van der Waals surface area (Å²) in [6.45, 7) is 0. The maximum Gasteiger partial charge on any atom is 0.138 e. The number of fused-ring (bicyclic) bond motifs is 3. The molecule has 0 fully saturated rings. The summed E-state index contributed by atoms with van der Waals surface area (Å²) in [6, 6.07) is 66.1. The van der Waals surface area contributed by atoms with Gasteiger partial charge in [0.25, 0.3) is 0 Å². The average Bonchev–Trinajstić information content (AvgIpc) is 3.52. The lowest BCUT2D eigenvalue weighted by atomic mass is 10.0. The van der Waals surface area contributed by atoms with E-state index in [1.807, 2.05) is 12.1 Å². The molecule has 0 atom stereocenters. The van der Waals surface area contributed by atoms with Crippen molar-refractivity contribution in [3.05, 3.63) is 188 Å². The Hall–Kier alpha value is -6.58. The summed E-state index contributed by atoms with van der Waals surface area (Å²) in [6.07, 6.45) is 0. The van der Waals surface area contributed by atoms with Crippen molar-refractivity contribution >= 4 is 21.8 Å². The van der Waals surface area contributed by atoms with Gasteiger partial charge >= 0.3 is 0 Å². The molecule has 0 saturated heterocycles. The van der Waals surface area contributed by atoms with E-state index >= 15 is 0 Å². The molecule has 230 valence electrons. The molecule has 0 aliphatic carbocycles. The summed E-state index contributed by atoms with van der Waals surface area (Å²) in [5.41, 5.74) is 12.9. The number of aromatic nitrogens is 3. The van der Waals surface area contributed by atoms with Gasteiger partial charge in [-0.2, -0.15) is 0 Å². The first-order valence-corrected chi connectivity index (χ1v) is 16.6. The molecule has 3 nitrogen and oxygen atoms in total. The van der Waals surface area contributed by atoms with Crippen molar-refractivity contribution in [3.63, 3.8) is 0 Å². The molecule has 0 unspecified atom stereocenters. The van der Waals surface area contributed by atoms with Gasteiger partial charge in [-0.25, -0.2) is 9.97 Å². The van der Waals surface area contributed by atoms with Crippen LogP contribution in [0.2, 0.25) is 0 Å². The quantitative estimate of drug-likeness (QED) is 0.184. The van der Waals surface area contributed by atoms with E-state index in [1.165, 1.54) is 33.0 Å². The SMILES string of the molecule is c1ccc(-c2ccc3c(c2)c2cc(-c4ccccc4)ccc2n3-c2cccc(-c3cc(-c4ccccc4)nc(-c4ccccc4)c3)n2)cc1. The van der Waals surface area contributed by atoms with Gasteiger partial charge in [-0.05, 0) is 70.8 Å². The standard InChI is InChI=1S/C46H31N3/c1-5-14-32(15-6-1)36-24-26-44-39(28-36)40-29-37(33-16-7-2-8-17-33)25-27-45(40)49(44)46-23-13-22-41(48-46)38-30-42(34-18-9-3-10-19-34)47-43(31-38)35-20-11-4-12-21-35/h1-31H. The van der Waals surface area contributed by atoms with Crippen molar-refractivity contribution in [2.45, 2.75) is 0 Å². The molecule has 0 radical (unpaired) electrons. The highest BCUT2D eigenvalue weighted by Gasteiger charge is 2.17. The second-order valence-corrected chi connectivity index (χ2v) is 12.3. The number of nitrogens with zero attached hydrogens (tertiary/aromatic N) is 3. The van der Waals surface area contributed by atoms with Crippen LogP contribution in [0.15, 0.2) is 188 Å². The summed E-state index contributed by atoms with van der Waals surface area (Å²) in [5, 5.41) is 2.39. The number of hydrogen-bond acceptors (Lipinski definition) is 2. The van der Waals surface area contributed by atoms with Gasteiger partial charge in [-0.3, -0.25) is 4.57 Å². The summed E-state index contributed by atoms with van der Waals surface area (Å²) < 4.78 is 2.30. The molecule has 0 spiro atoms. The van der Waals surface area contributed by atoms with Crippen LogP contribution in [0.25, 0.3) is 83.6 Å². The van der Waals surface area contributed by atoms with Crippen molar-refractivity contribution in [3.8, 4) is 61.8 Å². The van der Waals surface area contributed by atoms with Crippen LogP contribution in [0.1, 0.15) is 0 Å². The largest absolute Gasteiger partial charge is 0.294 e. The van der Waals surface area contributed by atoms with E-state index in [1.54, 1.807) is 0 Å². The minimum atomic E-state index is 0.872. The van der Waals surface area contributed by atoms with Crippen molar-refractivity contribution in [1.29, 1.82) is 0 Å². The summed E-state index contributed by atoms with van der Waals surface area (Å²) in [7, 11) is 0. The molecule has 3 heteroatoms. The number of hydrogen-bond donors (Lipinski definition) is 0. The highest BCUT2D eigenvalue weighted by molar-refractivity contribution is 6.11. The van der Waals surface area contributed by atoms with Crippen LogP contribution in [0, 0.1) is 0 Å². The first-order chi connectivity index (χ1) is 24.3. The van der Waals surface area contributed by atoms with E-state index in [0.717, 1.165) is 50.6 Å². The third-order valence-corrected chi connectivity index (χ3v) is 9.20. The molecule has 0 saturated carbocycles. The third kappa shape index (κ3) is 5.38. The Labute approximate surface area is 285 Å². The lowest BCUT2D eigenvalue weighted by Gasteiger charge is -2.12. The topological polar surface area (TPSA) is 30.7 Å². The lowest BCUT2D eigenvalue weighted by Crippen LogP contribution is -1.99. The number of rotatable bonds is 6. The van der Waals surface area contributed by atoms with E-state index in [2.05, 4.69) is 180 Å². The highest BCUT2D eigenvalue weighted by Crippen LogP contribution is 2.37. The van der Waals surface area contributed by atoms with Gasteiger partial charge in [0.05, 0.1) is 28.1 Å². The van der Waals surface area contributed by atoms with Crippen LogP contribution in [-0.2, 0) is 0 Å². The summed E-state index contributed by atoms with van der Waals surface area (Å²) in [5.74, 6) is 0.872. The zero-order chi connectivity index (χ0) is 32.6. The fourth-order valence-electron chi connectivity index (χ4n) is 6.79. The number of pyridine rings is 2. The van der Waals surface area contributed by atoms with Gasteiger partial charge < -0.3 is 0 Å². The van der Waals surface area contributed by atoms with Crippen molar-refractivity contribution in [2.24, 2.45) is 0 Å². The Morgan fingerprint density at radius 3 is 1.20 bits per heavy atom. The van der Waals surface area contributed by atoms with E-state index in [-0.39, 0.29) is 0 Å². The Balaban J connectivity index is 1.24. The molecule has 0 bridgehead atoms. The average molecular weight is 626 g/mol. The second kappa shape index (κ2) is 12.2. The molecule has 9 aromatic rings. The molecular formula is C46H31N3. The zero-order valence-corrected chi connectivity index (χ0v) is 26.7. The van der Waals surface area contributed by atoms with Gasteiger partial charge in [0, 0.05) is 27.5 Å². The first kappa shape index (κ1) is 28.6. The summed E-state index contributed by atoms with van der Waals surface area (Å²) >= 11 is 0. The van der Waals surface area contributed by atoms with Crippen molar-refractivity contribution < 1.29 is 0 Å². The van der Waals surface area contributed by atoms with Gasteiger partial charge in [0.15, 0.2) is 0 Å². The van der Waals surface area contributed by atoms with Gasteiger partial charge in [-0.15, -0.1) is 0 Å². The molecule has 6 aromatic carbocycles.